The SMILES string of the molecule is O=C(O)C(NS(=O)(=O)c1cc(Cl)cc(Cl)c1)C1CC1. The third-order valence-corrected chi connectivity index (χ3v) is 4.64. The Morgan fingerprint density at radius 1 is 1.26 bits per heavy atom. The number of aliphatic carboxylic acids is 1. The van der Waals surface area contributed by atoms with Crippen LogP contribution in [0.3, 0.4) is 0 Å². The summed E-state index contributed by atoms with van der Waals surface area (Å²) in [4.78, 5) is 10.9. The Morgan fingerprint density at radius 2 is 1.79 bits per heavy atom. The van der Waals surface area contributed by atoms with Gasteiger partial charge in [0.25, 0.3) is 0 Å². The molecule has 0 aromatic heterocycles. The quantitative estimate of drug-likeness (QED) is 0.869. The summed E-state index contributed by atoms with van der Waals surface area (Å²) in [6, 6.07) is 2.74. The van der Waals surface area contributed by atoms with Gasteiger partial charge in [-0.15, -0.1) is 0 Å². The molecule has 5 nitrogen and oxygen atoms in total. The first-order chi connectivity index (χ1) is 8.79. The van der Waals surface area contributed by atoms with Gasteiger partial charge in [-0.25, -0.2) is 8.42 Å². The van der Waals surface area contributed by atoms with Crippen LogP contribution >= 0.6 is 23.2 Å². The van der Waals surface area contributed by atoms with Crippen LogP contribution < -0.4 is 4.72 Å². The Balaban J connectivity index is 2.28. The second-order valence-corrected chi connectivity index (χ2v) is 6.97. The zero-order chi connectivity index (χ0) is 14.2. The number of nitrogens with one attached hydrogen (secondary N) is 1. The molecule has 1 unspecified atom stereocenters. The number of rotatable bonds is 5. The van der Waals surface area contributed by atoms with Crippen LogP contribution in [0.4, 0.5) is 0 Å². The fraction of sp³-hybridized carbons (Fsp3) is 0.364. The molecule has 1 saturated carbocycles. The van der Waals surface area contributed by atoms with Gasteiger partial charge in [0.15, 0.2) is 0 Å². The molecular formula is C11H11Cl2NO4S. The zero-order valence-electron chi connectivity index (χ0n) is 9.64. The van der Waals surface area contributed by atoms with Crippen molar-refractivity contribution >= 4 is 39.2 Å². The summed E-state index contributed by atoms with van der Waals surface area (Å²) in [5.41, 5.74) is 0. The van der Waals surface area contributed by atoms with Crippen molar-refractivity contribution in [3.63, 3.8) is 0 Å². The topological polar surface area (TPSA) is 83.5 Å². The highest BCUT2D eigenvalue weighted by molar-refractivity contribution is 7.89. The van der Waals surface area contributed by atoms with E-state index in [4.69, 9.17) is 28.3 Å². The molecule has 0 amide bonds. The van der Waals surface area contributed by atoms with Crippen molar-refractivity contribution in [2.24, 2.45) is 5.92 Å². The van der Waals surface area contributed by atoms with Gasteiger partial charge >= 0.3 is 5.97 Å². The minimum absolute atomic E-state index is 0.142. The van der Waals surface area contributed by atoms with Gasteiger partial charge in [-0.1, -0.05) is 23.2 Å². The van der Waals surface area contributed by atoms with Crippen LogP contribution in [0.25, 0.3) is 0 Å². The van der Waals surface area contributed by atoms with Crippen molar-refractivity contribution < 1.29 is 18.3 Å². The third-order valence-electron chi connectivity index (χ3n) is 2.79. The molecule has 8 heteroatoms. The number of benzene rings is 1. The standard InChI is InChI=1S/C11H11Cl2NO4S/c12-7-3-8(13)5-9(4-7)19(17,18)14-10(11(15)16)6-1-2-6/h3-6,10,14H,1-2H2,(H,15,16). The van der Waals surface area contributed by atoms with Gasteiger partial charge in [-0.2, -0.15) is 4.72 Å². The Morgan fingerprint density at radius 3 is 2.21 bits per heavy atom. The van der Waals surface area contributed by atoms with Crippen molar-refractivity contribution in [1.82, 2.24) is 4.72 Å². The van der Waals surface area contributed by atoms with Crippen molar-refractivity contribution in [2.45, 2.75) is 23.8 Å². The molecule has 0 radical (unpaired) electrons. The summed E-state index contributed by atoms with van der Waals surface area (Å²) in [5.74, 6) is -1.33. The molecule has 1 atom stereocenters. The van der Waals surface area contributed by atoms with Crippen molar-refractivity contribution in [3.05, 3.63) is 28.2 Å². The van der Waals surface area contributed by atoms with Gasteiger partial charge in [0.05, 0.1) is 4.90 Å². The van der Waals surface area contributed by atoms with Gasteiger partial charge in [0.1, 0.15) is 6.04 Å². The number of carboxylic acids is 1. The van der Waals surface area contributed by atoms with Crippen LogP contribution in [0.1, 0.15) is 12.8 Å². The summed E-state index contributed by atoms with van der Waals surface area (Å²) in [6.07, 6.45) is 1.41. The molecule has 0 bridgehead atoms. The molecular weight excluding hydrogens is 313 g/mol. The maximum absolute atomic E-state index is 12.1. The highest BCUT2D eigenvalue weighted by Gasteiger charge is 2.39. The summed E-state index contributed by atoms with van der Waals surface area (Å²) in [5, 5.41) is 9.37. The summed E-state index contributed by atoms with van der Waals surface area (Å²) in [7, 11) is -3.95. The molecule has 0 saturated heterocycles. The van der Waals surface area contributed by atoms with Crippen LogP contribution in [-0.2, 0) is 14.8 Å². The van der Waals surface area contributed by atoms with Crippen LogP contribution in [0.5, 0.6) is 0 Å². The Bertz CT molecular complexity index is 593. The maximum Gasteiger partial charge on any atom is 0.322 e. The van der Waals surface area contributed by atoms with Crippen LogP contribution in [-0.4, -0.2) is 25.5 Å². The Labute approximate surface area is 120 Å². The first kappa shape index (κ1) is 14.6. The second-order valence-electron chi connectivity index (χ2n) is 4.38. The second kappa shape index (κ2) is 5.28. The van der Waals surface area contributed by atoms with E-state index < -0.39 is 22.0 Å². The lowest BCUT2D eigenvalue weighted by Gasteiger charge is -2.14. The summed E-state index contributed by atoms with van der Waals surface area (Å²) < 4.78 is 26.4. The molecule has 2 N–H and O–H groups in total. The van der Waals surface area contributed by atoms with Gasteiger partial charge in [-0.3, -0.25) is 4.79 Å². The maximum atomic E-state index is 12.1. The number of halogens is 2. The van der Waals surface area contributed by atoms with Crippen molar-refractivity contribution in [3.8, 4) is 0 Å². The van der Waals surface area contributed by atoms with Crippen molar-refractivity contribution in [1.29, 1.82) is 0 Å². The minimum Gasteiger partial charge on any atom is -0.480 e. The highest BCUT2D eigenvalue weighted by atomic mass is 35.5. The lowest BCUT2D eigenvalue weighted by molar-refractivity contribution is -0.139. The monoisotopic (exact) mass is 323 g/mol. The predicted molar refractivity (Wildman–Crippen MR) is 70.9 cm³/mol. The van der Waals surface area contributed by atoms with E-state index in [9.17, 15) is 13.2 Å². The smallest absolute Gasteiger partial charge is 0.322 e. The van der Waals surface area contributed by atoms with E-state index in [0.29, 0.717) is 12.8 Å². The largest absolute Gasteiger partial charge is 0.480 e. The molecule has 1 aromatic carbocycles. The molecule has 1 aromatic rings. The van der Waals surface area contributed by atoms with E-state index >= 15 is 0 Å². The van der Waals surface area contributed by atoms with E-state index in [0.717, 1.165) is 0 Å². The number of hydrogen-bond donors (Lipinski definition) is 2. The first-order valence-electron chi connectivity index (χ1n) is 5.51. The number of hydrogen-bond acceptors (Lipinski definition) is 3. The first-order valence-corrected chi connectivity index (χ1v) is 7.75. The predicted octanol–water partition coefficient (Wildman–Crippen LogP) is 2.13. The van der Waals surface area contributed by atoms with Crippen molar-refractivity contribution in [2.75, 3.05) is 0 Å². The number of carboxylic acid groups (broad SMARTS) is 1. The van der Waals surface area contributed by atoms with Crippen LogP contribution in [0, 0.1) is 5.92 Å². The van der Waals surface area contributed by atoms with E-state index in [-0.39, 0.29) is 20.9 Å². The van der Waals surface area contributed by atoms with E-state index in [1.165, 1.54) is 18.2 Å². The summed E-state index contributed by atoms with van der Waals surface area (Å²) in [6.45, 7) is 0. The lowest BCUT2D eigenvalue weighted by atomic mass is 10.2. The average Bonchev–Trinajstić information content (AvgIpc) is 3.08. The van der Waals surface area contributed by atoms with Gasteiger partial charge in [0.2, 0.25) is 10.0 Å². The van der Waals surface area contributed by atoms with Crippen LogP contribution in [0.2, 0.25) is 10.0 Å². The van der Waals surface area contributed by atoms with E-state index in [1.807, 2.05) is 0 Å². The molecule has 19 heavy (non-hydrogen) atoms. The van der Waals surface area contributed by atoms with Gasteiger partial charge < -0.3 is 5.11 Å². The molecule has 0 spiro atoms. The minimum atomic E-state index is -3.95. The van der Waals surface area contributed by atoms with E-state index in [1.54, 1.807) is 0 Å². The van der Waals surface area contributed by atoms with Crippen LogP contribution in [0.15, 0.2) is 23.1 Å². The zero-order valence-corrected chi connectivity index (χ0v) is 12.0. The molecule has 1 aliphatic rings. The van der Waals surface area contributed by atoms with Gasteiger partial charge in [0, 0.05) is 10.0 Å². The molecule has 1 aliphatic carbocycles. The average molecular weight is 324 g/mol. The normalized spacial score (nSPS) is 17.2. The fourth-order valence-electron chi connectivity index (χ4n) is 1.70. The molecule has 1 fully saturated rings. The molecule has 0 heterocycles. The lowest BCUT2D eigenvalue weighted by Crippen LogP contribution is -2.42. The molecule has 104 valence electrons. The number of carbonyl (C=O) groups is 1. The highest BCUT2D eigenvalue weighted by Crippen LogP contribution is 2.33. The Hall–Kier alpha value is -0.820. The fourth-order valence-corrected chi connectivity index (χ4v) is 3.68. The molecule has 0 aliphatic heterocycles. The Kier molecular flexibility index (Phi) is 4.06. The summed E-state index contributed by atoms with van der Waals surface area (Å²) >= 11 is 11.5. The number of sulfonamides is 1. The third kappa shape index (κ3) is 3.60. The van der Waals surface area contributed by atoms with Gasteiger partial charge in [-0.05, 0) is 37.0 Å². The van der Waals surface area contributed by atoms with E-state index in [2.05, 4.69) is 4.72 Å². The molecule has 2 rings (SSSR count).